The van der Waals surface area contributed by atoms with Crippen LogP contribution in [0.4, 0.5) is 10.1 Å². The van der Waals surface area contributed by atoms with E-state index in [9.17, 15) is 4.39 Å². The molecule has 128 valence electrons. The predicted octanol–water partition coefficient (Wildman–Crippen LogP) is 2.69. The molecule has 0 aliphatic carbocycles. The highest BCUT2D eigenvalue weighted by Gasteiger charge is 2.03. The van der Waals surface area contributed by atoms with Crippen molar-refractivity contribution in [2.24, 2.45) is 10.7 Å². The number of hydrogen-bond donors (Lipinski definition) is 2. The molecule has 2 aromatic carbocycles. The number of rotatable bonds is 7. The first-order chi connectivity index (χ1) is 11.6. The van der Waals surface area contributed by atoms with E-state index in [1.807, 2.05) is 31.3 Å². The number of ether oxygens (including phenoxy) is 1. The van der Waals surface area contributed by atoms with Gasteiger partial charge in [0.1, 0.15) is 11.6 Å². The molecule has 0 aliphatic rings. The molecule has 6 heteroatoms. The van der Waals surface area contributed by atoms with Crippen molar-refractivity contribution in [3.63, 3.8) is 0 Å². The van der Waals surface area contributed by atoms with E-state index in [0.717, 1.165) is 24.3 Å². The second-order valence-electron chi connectivity index (χ2n) is 5.46. The summed E-state index contributed by atoms with van der Waals surface area (Å²) in [4.78, 5) is 6.42. The Balaban J connectivity index is 1.81. The maximum Gasteiger partial charge on any atom is 0.193 e. The van der Waals surface area contributed by atoms with E-state index in [1.54, 1.807) is 19.2 Å². The van der Waals surface area contributed by atoms with Crippen LogP contribution >= 0.6 is 0 Å². The lowest BCUT2D eigenvalue weighted by atomic mass is 10.2. The summed E-state index contributed by atoms with van der Waals surface area (Å²) in [6.07, 6.45) is 0. The normalized spacial score (nSPS) is 11.6. The van der Waals surface area contributed by atoms with Gasteiger partial charge in [-0.2, -0.15) is 0 Å². The Kier molecular flexibility index (Phi) is 6.57. The molecule has 5 nitrogen and oxygen atoms in total. The average molecular weight is 330 g/mol. The van der Waals surface area contributed by atoms with Gasteiger partial charge in [-0.05, 0) is 36.9 Å². The molecule has 0 fully saturated rings. The molecule has 0 atom stereocenters. The summed E-state index contributed by atoms with van der Waals surface area (Å²) < 4.78 is 18.1. The first-order valence-corrected chi connectivity index (χ1v) is 7.71. The summed E-state index contributed by atoms with van der Waals surface area (Å²) in [5.74, 6) is 0.833. The number of halogens is 1. The van der Waals surface area contributed by atoms with Gasteiger partial charge in [0.25, 0.3) is 0 Å². The quantitative estimate of drug-likeness (QED) is 0.605. The standard InChI is InChI=1S/C18H23FN4O/c1-23(13-14-7-9-15(19)10-8-14)12-11-21-18(20)22-16-5-3-4-6-17(16)24-2/h3-10H,11-13H2,1-2H3,(H3,20,21,22). The van der Waals surface area contributed by atoms with E-state index >= 15 is 0 Å². The molecule has 0 aromatic heterocycles. The minimum Gasteiger partial charge on any atom is -0.495 e. The molecule has 2 rings (SSSR count). The molecule has 0 spiro atoms. The zero-order valence-corrected chi connectivity index (χ0v) is 14.0. The maximum absolute atomic E-state index is 12.9. The number of nitrogens with one attached hydrogen (secondary N) is 1. The third-order valence-corrected chi connectivity index (χ3v) is 3.50. The summed E-state index contributed by atoms with van der Waals surface area (Å²) in [6.45, 7) is 2.03. The number of aliphatic imine (C=N–C) groups is 1. The van der Waals surface area contributed by atoms with Gasteiger partial charge in [-0.25, -0.2) is 4.39 Å². The first-order valence-electron chi connectivity index (χ1n) is 7.71. The summed E-state index contributed by atoms with van der Waals surface area (Å²) >= 11 is 0. The van der Waals surface area contributed by atoms with Crippen molar-refractivity contribution < 1.29 is 9.13 Å². The van der Waals surface area contributed by atoms with Gasteiger partial charge in [0.05, 0.1) is 19.3 Å². The monoisotopic (exact) mass is 330 g/mol. The molecule has 2 aromatic rings. The van der Waals surface area contributed by atoms with E-state index < -0.39 is 0 Å². The Labute approximate surface area is 142 Å². The van der Waals surface area contributed by atoms with Crippen LogP contribution in [0.5, 0.6) is 5.75 Å². The van der Waals surface area contributed by atoms with Crippen LogP contribution in [-0.2, 0) is 6.54 Å². The number of anilines is 1. The number of benzene rings is 2. The van der Waals surface area contributed by atoms with Crippen LogP contribution in [-0.4, -0.2) is 38.1 Å². The third kappa shape index (κ3) is 5.55. The zero-order valence-electron chi connectivity index (χ0n) is 14.0. The number of nitrogens with two attached hydrogens (primary N) is 1. The molecular weight excluding hydrogens is 307 g/mol. The van der Waals surface area contributed by atoms with Crippen molar-refractivity contribution in [3.8, 4) is 5.75 Å². The molecular formula is C18H23FN4O. The van der Waals surface area contributed by atoms with Crippen molar-refractivity contribution in [2.45, 2.75) is 6.54 Å². The fourth-order valence-electron chi connectivity index (χ4n) is 2.25. The van der Waals surface area contributed by atoms with E-state index in [4.69, 9.17) is 10.5 Å². The number of hydrogen-bond acceptors (Lipinski definition) is 3. The smallest absolute Gasteiger partial charge is 0.193 e. The lowest BCUT2D eigenvalue weighted by Crippen LogP contribution is -2.26. The molecule has 0 bridgehead atoms. The van der Waals surface area contributed by atoms with Gasteiger partial charge in [0.15, 0.2) is 5.96 Å². The van der Waals surface area contributed by atoms with Gasteiger partial charge in [0, 0.05) is 13.1 Å². The van der Waals surface area contributed by atoms with Crippen LogP contribution in [0.25, 0.3) is 0 Å². The van der Waals surface area contributed by atoms with Crippen LogP contribution in [0, 0.1) is 5.82 Å². The van der Waals surface area contributed by atoms with Crippen molar-refractivity contribution in [2.75, 3.05) is 32.6 Å². The van der Waals surface area contributed by atoms with E-state index in [1.165, 1.54) is 12.1 Å². The number of nitrogens with zero attached hydrogens (tertiary/aromatic N) is 2. The molecule has 0 saturated carbocycles. The third-order valence-electron chi connectivity index (χ3n) is 3.50. The second kappa shape index (κ2) is 8.88. The fourth-order valence-corrected chi connectivity index (χ4v) is 2.25. The molecule has 0 aliphatic heterocycles. The number of likely N-dealkylation sites (N-methyl/N-ethyl adjacent to an activating group) is 1. The summed E-state index contributed by atoms with van der Waals surface area (Å²) in [6, 6.07) is 14.0. The minimum absolute atomic E-state index is 0.221. The van der Waals surface area contributed by atoms with E-state index in [0.29, 0.717) is 18.3 Å². The SMILES string of the molecule is COc1ccccc1NC(N)=NCCN(C)Cc1ccc(F)cc1. The minimum atomic E-state index is -0.221. The largest absolute Gasteiger partial charge is 0.495 e. The van der Waals surface area contributed by atoms with Crippen LogP contribution in [0.2, 0.25) is 0 Å². The van der Waals surface area contributed by atoms with Gasteiger partial charge in [-0.1, -0.05) is 24.3 Å². The number of guanidine groups is 1. The Morgan fingerprint density at radius 1 is 1.21 bits per heavy atom. The molecule has 24 heavy (non-hydrogen) atoms. The Morgan fingerprint density at radius 3 is 2.62 bits per heavy atom. The maximum atomic E-state index is 12.9. The molecule has 0 unspecified atom stereocenters. The second-order valence-corrected chi connectivity index (χ2v) is 5.46. The van der Waals surface area contributed by atoms with Crippen molar-refractivity contribution in [1.29, 1.82) is 0 Å². The van der Waals surface area contributed by atoms with Gasteiger partial charge < -0.3 is 20.7 Å². The Morgan fingerprint density at radius 2 is 1.92 bits per heavy atom. The lowest BCUT2D eigenvalue weighted by molar-refractivity contribution is 0.336. The highest BCUT2D eigenvalue weighted by atomic mass is 19.1. The Bertz CT molecular complexity index is 673. The van der Waals surface area contributed by atoms with Crippen molar-refractivity contribution in [3.05, 3.63) is 59.9 Å². The van der Waals surface area contributed by atoms with Gasteiger partial charge in [-0.3, -0.25) is 4.99 Å². The van der Waals surface area contributed by atoms with Crippen LogP contribution in [0.1, 0.15) is 5.56 Å². The summed E-state index contributed by atoms with van der Waals surface area (Å²) in [5.41, 5.74) is 7.74. The van der Waals surface area contributed by atoms with Crippen molar-refractivity contribution >= 4 is 11.6 Å². The first kappa shape index (κ1) is 17.7. The van der Waals surface area contributed by atoms with E-state index in [-0.39, 0.29) is 5.82 Å². The molecule has 0 radical (unpaired) electrons. The van der Waals surface area contributed by atoms with Gasteiger partial charge >= 0.3 is 0 Å². The lowest BCUT2D eigenvalue weighted by Gasteiger charge is -2.15. The molecule has 0 saturated heterocycles. The van der Waals surface area contributed by atoms with Gasteiger partial charge in [0.2, 0.25) is 0 Å². The van der Waals surface area contributed by atoms with Gasteiger partial charge in [-0.15, -0.1) is 0 Å². The molecule has 0 heterocycles. The number of methoxy groups -OCH3 is 1. The highest BCUT2D eigenvalue weighted by Crippen LogP contribution is 2.22. The zero-order chi connectivity index (χ0) is 17.4. The van der Waals surface area contributed by atoms with Crippen LogP contribution in [0.15, 0.2) is 53.5 Å². The molecule has 3 N–H and O–H groups in total. The van der Waals surface area contributed by atoms with Crippen LogP contribution < -0.4 is 15.8 Å². The fraction of sp³-hybridized carbons (Fsp3) is 0.278. The predicted molar refractivity (Wildman–Crippen MR) is 95.8 cm³/mol. The summed E-state index contributed by atoms with van der Waals surface area (Å²) in [5, 5.41) is 3.03. The van der Waals surface area contributed by atoms with Crippen LogP contribution in [0.3, 0.4) is 0 Å². The summed E-state index contributed by atoms with van der Waals surface area (Å²) in [7, 11) is 3.60. The van der Waals surface area contributed by atoms with E-state index in [2.05, 4.69) is 15.2 Å². The highest BCUT2D eigenvalue weighted by molar-refractivity contribution is 5.93. The number of para-hydroxylation sites is 2. The Hall–Kier alpha value is -2.60. The molecule has 0 amide bonds. The topological polar surface area (TPSA) is 62.9 Å². The average Bonchev–Trinajstić information content (AvgIpc) is 2.57. The van der Waals surface area contributed by atoms with Crippen molar-refractivity contribution in [1.82, 2.24) is 4.90 Å².